The Morgan fingerprint density at radius 2 is 2.05 bits per heavy atom. The second-order valence-electron chi connectivity index (χ2n) is 4.62. The Morgan fingerprint density at radius 1 is 1.24 bits per heavy atom. The molecule has 1 N–H and O–H groups in total. The van der Waals surface area contributed by atoms with Crippen LogP contribution in [0.5, 0.6) is 5.75 Å². The topological polar surface area (TPSA) is 45.0 Å². The Labute approximate surface area is 124 Å². The van der Waals surface area contributed by atoms with E-state index in [4.69, 9.17) is 10.00 Å². The highest BCUT2D eigenvalue weighted by Gasteiger charge is 2.05. The highest BCUT2D eigenvalue weighted by atomic mass is 19.1. The standard InChI is InChI=1S/C17H17FN2O/c1-2-9-21-17-6-4-3-5-16(17)20-12-13-7-8-15(18)14(10-13)11-19/h3-8,10,20H,2,9,12H2,1H3. The van der Waals surface area contributed by atoms with Crippen LogP contribution in [0, 0.1) is 17.1 Å². The van der Waals surface area contributed by atoms with E-state index in [-0.39, 0.29) is 5.56 Å². The molecular formula is C17H17FN2O. The van der Waals surface area contributed by atoms with Crippen LogP contribution in [0.1, 0.15) is 24.5 Å². The quantitative estimate of drug-likeness (QED) is 0.868. The molecule has 3 nitrogen and oxygen atoms in total. The number of ether oxygens (including phenoxy) is 1. The maximum atomic E-state index is 13.3. The lowest BCUT2D eigenvalue weighted by Gasteiger charge is -2.13. The van der Waals surface area contributed by atoms with E-state index in [1.54, 1.807) is 12.1 Å². The first-order chi connectivity index (χ1) is 10.2. The van der Waals surface area contributed by atoms with Crippen molar-refractivity contribution in [1.82, 2.24) is 0 Å². The number of para-hydroxylation sites is 2. The zero-order chi connectivity index (χ0) is 15.1. The van der Waals surface area contributed by atoms with Crippen molar-refractivity contribution in [3.05, 3.63) is 59.4 Å². The summed E-state index contributed by atoms with van der Waals surface area (Å²) in [4.78, 5) is 0. The molecule has 0 aliphatic rings. The van der Waals surface area contributed by atoms with Crippen molar-refractivity contribution in [3.8, 4) is 11.8 Å². The van der Waals surface area contributed by atoms with Gasteiger partial charge in [-0.05, 0) is 36.2 Å². The van der Waals surface area contributed by atoms with E-state index in [1.807, 2.05) is 30.3 Å². The third-order valence-electron chi connectivity index (χ3n) is 2.98. The Hall–Kier alpha value is -2.54. The van der Waals surface area contributed by atoms with Gasteiger partial charge in [-0.25, -0.2) is 4.39 Å². The summed E-state index contributed by atoms with van der Waals surface area (Å²) in [6.45, 7) is 3.22. The molecule has 0 amide bonds. The third kappa shape index (κ3) is 3.96. The molecule has 0 aliphatic heterocycles. The summed E-state index contributed by atoms with van der Waals surface area (Å²) in [6, 6.07) is 14.1. The first kappa shape index (κ1) is 14.9. The van der Waals surface area contributed by atoms with E-state index in [2.05, 4.69) is 12.2 Å². The van der Waals surface area contributed by atoms with Gasteiger partial charge in [0.25, 0.3) is 0 Å². The average Bonchev–Trinajstić information content (AvgIpc) is 2.53. The average molecular weight is 284 g/mol. The minimum Gasteiger partial charge on any atom is -0.491 e. The molecule has 0 radical (unpaired) electrons. The lowest BCUT2D eigenvalue weighted by Crippen LogP contribution is -2.04. The van der Waals surface area contributed by atoms with Crippen LogP contribution in [0.3, 0.4) is 0 Å². The Morgan fingerprint density at radius 3 is 2.81 bits per heavy atom. The molecule has 2 aromatic carbocycles. The van der Waals surface area contributed by atoms with Gasteiger partial charge in [-0.3, -0.25) is 0 Å². The molecule has 0 fully saturated rings. The van der Waals surface area contributed by atoms with E-state index in [0.29, 0.717) is 13.2 Å². The fourth-order valence-electron chi connectivity index (χ4n) is 1.92. The molecule has 0 bridgehead atoms. The number of hydrogen-bond donors (Lipinski definition) is 1. The first-order valence-corrected chi connectivity index (χ1v) is 6.88. The molecule has 0 atom stereocenters. The zero-order valence-electron chi connectivity index (χ0n) is 11.9. The molecule has 0 heterocycles. The van der Waals surface area contributed by atoms with Gasteiger partial charge in [-0.15, -0.1) is 0 Å². The number of nitrogens with zero attached hydrogens (tertiary/aromatic N) is 1. The summed E-state index contributed by atoms with van der Waals surface area (Å²) >= 11 is 0. The molecule has 0 aromatic heterocycles. The molecule has 0 spiro atoms. The lowest BCUT2D eigenvalue weighted by atomic mass is 10.1. The zero-order valence-corrected chi connectivity index (χ0v) is 11.9. The fourth-order valence-corrected chi connectivity index (χ4v) is 1.92. The van der Waals surface area contributed by atoms with E-state index < -0.39 is 5.82 Å². The van der Waals surface area contributed by atoms with E-state index in [0.717, 1.165) is 23.4 Å². The van der Waals surface area contributed by atoms with Crippen molar-refractivity contribution < 1.29 is 9.13 Å². The highest BCUT2D eigenvalue weighted by molar-refractivity contribution is 5.56. The molecule has 2 rings (SSSR count). The van der Waals surface area contributed by atoms with Gasteiger partial charge in [0.1, 0.15) is 17.6 Å². The van der Waals surface area contributed by atoms with Gasteiger partial charge in [-0.2, -0.15) is 5.26 Å². The minimum absolute atomic E-state index is 0.0600. The predicted molar refractivity (Wildman–Crippen MR) is 80.7 cm³/mol. The van der Waals surface area contributed by atoms with Crippen molar-refractivity contribution in [3.63, 3.8) is 0 Å². The van der Waals surface area contributed by atoms with Crippen LogP contribution >= 0.6 is 0 Å². The van der Waals surface area contributed by atoms with Crippen molar-refractivity contribution in [2.75, 3.05) is 11.9 Å². The molecular weight excluding hydrogens is 267 g/mol. The summed E-state index contributed by atoms with van der Waals surface area (Å²) in [5, 5.41) is 12.1. The van der Waals surface area contributed by atoms with Crippen LogP contribution in [0.25, 0.3) is 0 Å². The Balaban J connectivity index is 2.08. The van der Waals surface area contributed by atoms with E-state index >= 15 is 0 Å². The van der Waals surface area contributed by atoms with Crippen molar-refractivity contribution in [1.29, 1.82) is 5.26 Å². The lowest BCUT2D eigenvalue weighted by molar-refractivity contribution is 0.319. The molecule has 21 heavy (non-hydrogen) atoms. The Kier molecular flexibility index (Phi) is 5.16. The molecule has 2 aromatic rings. The monoisotopic (exact) mass is 284 g/mol. The van der Waals surface area contributed by atoms with Crippen LogP contribution in [0.2, 0.25) is 0 Å². The van der Waals surface area contributed by atoms with E-state index in [9.17, 15) is 4.39 Å². The first-order valence-electron chi connectivity index (χ1n) is 6.88. The molecule has 108 valence electrons. The third-order valence-corrected chi connectivity index (χ3v) is 2.98. The number of benzene rings is 2. The summed E-state index contributed by atoms with van der Waals surface area (Å²) in [7, 11) is 0. The minimum atomic E-state index is -0.493. The predicted octanol–water partition coefficient (Wildman–Crippen LogP) is 4.10. The van der Waals surface area contributed by atoms with Gasteiger partial charge in [0.15, 0.2) is 0 Å². The van der Waals surface area contributed by atoms with Gasteiger partial charge in [0, 0.05) is 6.54 Å². The fraction of sp³-hybridized carbons (Fsp3) is 0.235. The van der Waals surface area contributed by atoms with Crippen molar-refractivity contribution >= 4 is 5.69 Å². The smallest absolute Gasteiger partial charge is 0.142 e. The second kappa shape index (κ2) is 7.30. The summed E-state index contributed by atoms with van der Waals surface area (Å²) in [6.07, 6.45) is 0.942. The SMILES string of the molecule is CCCOc1ccccc1NCc1ccc(F)c(C#N)c1. The number of rotatable bonds is 6. The maximum absolute atomic E-state index is 13.3. The summed E-state index contributed by atoms with van der Waals surface area (Å²) < 4.78 is 18.9. The van der Waals surface area contributed by atoms with Crippen LogP contribution < -0.4 is 10.1 Å². The molecule has 0 aliphatic carbocycles. The number of nitrogens with one attached hydrogen (secondary N) is 1. The molecule has 0 saturated carbocycles. The maximum Gasteiger partial charge on any atom is 0.142 e. The number of hydrogen-bond acceptors (Lipinski definition) is 3. The van der Waals surface area contributed by atoms with Gasteiger partial charge in [0.2, 0.25) is 0 Å². The van der Waals surface area contributed by atoms with E-state index in [1.165, 1.54) is 6.07 Å². The normalized spacial score (nSPS) is 9.95. The summed E-state index contributed by atoms with van der Waals surface area (Å²) in [5.74, 6) is 0.301. The second-order valence-corrected chi connectivity index (χ2v) is 4.62. The van der Waals surface area contributed by atoms with Crippen LogP contribution in [0.4, 0.5) is 10.1 Å². The van der Waals surface area contributed by atoms with Gasteiger partial charge >= 0.3 is 0 Å². The summed E-state index contributed by atoms with van der Waals surface area (Å²) in [5.41, 5.74) is 1.79. The van der Waals surface area contributed by atoms with Crippen LogP contribution in [-0.2, 0) is 6.54 Å². The Bertz CT molecular complexity index is 649. The number of nitriles is 1. The van der Waals surface area contributed by atoms with Crippen LogP contribution in [-0.4, -0.2) is 6.61 Å². The number of halogens is 1. The molecule has 0 saturated heterocycles. The largest absolute Gasteiger partial charge is 0.491 e. The highest BCUT2D eigenvalue weighted by Crippen LogP contribution is 2.24. The van der Waals surface area contributed by atoms with Gasteiger partial charge in [-0.1, -0.05) is 25.1 Å². The van der Waals surface area contributed by atoms with Crippen molar-refractivity contribution in [2.45, 2.75) is 19.9 Å². The van der Waals surface area contributed by atoms with Gasteiger partial charge in [0.05, 0.1) is 17.9 Å². The number of anilines is 1. The van der Waals surface area contributed by atoms with Crippen molar-refractivity contribution in [2.24, 2.45) is 0 Å². The molecule has 4 heteroatoms. The molecule has 0 unspecified atom stereocenters. The van der Waals surface area contributed by atoms with Crippen LogP contribution in [0.15, 0.2) is 42.5 Å². The van der Waals surface area contributed by atoms with Gasteiger partial charge < -0.3 is 10.1 Å².